The Morgan fingerprint density at radius 1 is 1.55 bits per heavy atom. The first-order chi connectivity index (χ1) is 5.22. The average molecular weight is 152 g/mol. The van der Waals surface area contributed by atoms with Crippen molar-refractivity contribution in [2.24, 2.45) is 29.6 Å². The van der Waals surface area contributed by atoms with Gasteiger partial charge in [0.15, 0.2) is 0 Å². The highest BCUT2D eigenvalue weighted by atomic mass is 16.4. The Balaban J connectivity index is 2.03. The van der Waals surface area contributed by atoms with Gasteiger partial charge in [-0.25, -0.2) is 0 Å². The van der Waals surface area contributed by atoms with Crippen molar-refractivity contribution in [1.82, 2.24) is 0 Å². The molecule has 4 rings (SSSR count). The lowest BCUT2D eigenvalue weighted by molar-refractivity contribution is -0.144. The van der Waals surface area contributed by atoms with Crippen molar-refractivity contribution >= 4 is 11.8 Å². The zero-order valence-electron chi connectivity index (χ0n) is 5.86. The van der Waals surface area contributed by atoms with Crippen LogP contribution in [0.1, 0.15) is 6.42 Å². The van der Waals surface area contributed by atoms with E-state index in [1.165, 1.54) is 0 Å². The molecule has 5 atom stereocenters. The highest BCUT2D eigenvalue weighted by Crippen LogP contribution is 2.71. The smallest absolute Gasteiger partial charge is 0.307 e. The quantitative estimate of drug-likeness (QED) is 0.582. The first-order valence-corrected chi connectivity index (χ1v) is 3.98. The van der Waals surface area contributed by atoms with Gasteiger partial charge in [-0.15, -0.1) is 0 Å². The fraction of sp³-hybridized carbons (Fsp3) is 0.750. The molecular weight excluding hydrogens is 144 g/mol. The van der Waals surface area contributed by atoms with Gasteiger partial charge in [0.25, 0.3) is 0 Å². The summed E-state index contributed by atoms with van der Waals surface area (Å²) in [5.74, 6) is -0.0482. The maximum atomic E-state index is 11.2. The Labute approximate surface area is 63.4 Å². The van der Waals surface area contributed by atoms with Gasteiger partial charge in [-0.1, -0.05) is 0 Å². The van der Waals surface area contributed by atoms with Crippen LogP contribution in [-0.4, -0.2) is 16.9 Å². The van der Waals surface area contributed by atoms with E-state index in [0.29, 0.717) is 5.92 Å². The van der Waals surface area contributed by atoms with Crippen LogP contribution in [0.5, 0.6) is 0 Å². The molecule has 3 nitrogen and oxygen atoms in total. The maximum Gasteiger partial charge on any atom is 0.307 e. The van der Waals surface area contributed by atoms with Gasteiger partial charge in [-0.3, -0.25) is 9.59 Å². The summed E-state index contributed by atoms with van der Waals surface area (Å²) in [6, 6.07) is 0. The number of carboxylic acids is 1. The van der Waals surface area contributed by atoms with Crippen LogP contribution in [0.2, 0.25) is 0 Å². The second-order valence-electron chi connectivity index (χ2n) is 3.88. The second-order valence-corrected chi connectivity index (χ2v) is 3.88. The van der Waals surface area contributed by atoms with E-state index >= 15 is 0 Å². The molecule has 58 valence electrons. The molecule has 0 unspecified atom stereocenters. The number of carbonyl (C=O) groups is 2. The van der Waals surface area contributed by atoms with Crippen LogP contribution < -0.4 is 0 Å². The largest absolute Gasteiger partial charge is 0.481 e. The lowest BCUT2D eigenvalue weighted by Crippen LogP contribution is -2.19. The number of carbonyl (C=O) groups excluding carboxylic acids is 1. The molecule has 11 heavy (non-hydrogen) atoms. The molecule has 0 spiro atoms. The number of Topliss-reactive ketones (excluding diaryl/α,β-unsaturated/α-hetero) is 1. The maximum absolute atomic E-state index is 11.2. The average Bonchev–Trinajstić information content (AvgIpc) is 2.33. The number of hydrogen-bond acceptors (Lipinski definition) is 2. The predicted octanol–water partition coefficient (Wildman–Crippen LogP) is 0.152. The van der Waals surface area contributed by atoms with Crippen molar-refractivity contribution in [2.75, 3.05) is 0 Å². The van der Waals surface area contributed by atoms with Crippen LogP contribution >= 0.6 is 0 Å². The van der Waals surface area contributed by atoms with Crippen molar-refractivity contribution in [3.8, 4) is 0 Å². The molecule has 4 aliphatic rings. The van der Waals surface area contributed by atoms with E-state index in [4.69, 9.17) is 5.11 Å². The van der Waals surface area contributed by atoms with E-state index < -0.39 is 5.97 Å². The molecule has 0 aromatic carbocycles. The summed E-state index contributed by atoms with van der Waals surface area (Å²) in [4.78, 5) is 21.9. The molecule has 0 heterocycles. The lowest BCUT2D eigenvalue weighted by atomic mass is 9.98. The summed E-state index contributed by atoms with van der Waals surface area (Å²) in [5, 5.41) is 8.77. The summed E-state index contributed by atoms with van der Waals surface area (Å²) in [7, 11) is 0. The number of hydrogen-bond donors (Lipinski definition) is 1. The summed E-state index contributed by atoms with van der Waals surface area (Å²) in [5.41, 5.74) is 0. The second kappa shape index (κ2) is 1.36. The van der Waals surface area contributed by atoms with Crippen LogP contribution in [0, 0.1) is 29.6 Å². The third-order valence-electron chi connectivity index (χ3n) is 3.58. The van der Waals surface area contributed by atoms with E-state index in [-0.39, 0.29) is 29.5 Å². The zero-order valence-corrected chi connectivity index (χ0v) is 5.86. The van der Waals surface area contributed by atoms with Gasteiger partial charge in [-0.2, -0.15) is 0 Å². The molecular formula is C8H8O3. The first kappa shape index (κ1) is 5.75. The number of rotatable bonds is 1. The van der Waals surface area contributed by atoms with Crippen LogP contribution in [-0.2, 0) is 9.59 Å². The van der Waals surface area contributed by atoms with Gasteiger partial charge in [0, 0.05) is 11.8 Å². The molecule has 4 bridgehead atoms. The van der Waals surface area contributed by atoms with E-state index in [2.05, 4.69) is 0 Å². The van der Waals surface area contributed by atoms with E-state index in [1.807, 2.05) is 0 Å². The van der Waals surface area contributed by atoms with Crippen molar-refractivity contribution in [1.29, 1.82) is 0 Å². The Kier molecular flexibility index (Phi) is 0.708. The minimum absolute atomic E-state index is 0.104. The van der Waals surface area contributed by atoms with Gasteiger partial charge in [0.1, 0.15) is 5.78 Å². The third kappa shape index (κ3) is 0.424. The molecule has 4 aliphatic carbocycles. The molecule has 1 N–H and O–H groups in total. The molecule has 4 saturated carbocycles. The highest BCUT2D eigenvalue weighted by Gasteiger charge is 2.75. The predicted molar refractivity (Wildman–Crippen MR) is 34.7 cm³/mol. The minimum atomic E-state index is -0.754. The van der Waals surface area contributed by atoms with Crippen LogP contribution in [0.25, 0.3) is 0 Å². The van der Waals surface area contributed by atoms with E-state index in [0.717, 1.165) is 6.42 Å². The first-order valence-electron chi connectivity index (χ1n) is 3.98. The fourth-order valence-electron chi connectivity index (χ4n) is 3.18. The topological polar surface area (TPSA) is 54.4 Å². The zero-order chi connectivity index (χ0) is 7.75. The standard InChI is InChI=1S/C8H8O3/c9-7-3-1-2-4(5(2)7)6(3)8(10)11/h2-6H,1H2,(H,10,11)/t2-,3+,4+,5-,6-/m1/s1. The summed E-state index contributed by atoms with van der Waals surface area (Å²) >= 11 is 0. The van der Waals surface area contributed by atoms with Gasteiger partial charge in [0.2, 0.25) is 0 Å². The molecule has 0 radical (unpaired) electrons. The summed E-state index contributed by atoms with van der Waals surface area (Å²) < 4.78 is 0. The van der Waals surface area contributed by atoms with Crippen LogP contribution in [0.15, 0.2) is 0 Å². The monoisotopic (exact) mass is 152 g/mol. The number of carboxylic acid groups (broad SMARTS) is 1. The van der Waals surface area contributed by atoms with E-state index in [9.17, 15) is 9.59 Å². The van der Waals surface area contributed by atoms with Gasteiger partial charge in [-0.05, 0) is 18.3 Å². The Bertz CT molecular complexity index is 271. The van der Waals surface area contributed by atoms with Crippen molar-refractivity contribution < 1.29 is 14.7 Å². The number of ketones is 1. The van der Waals surface area contributed by atoms with Gasteiger partial charge < -0.3 is 5.11 Å². The molecule has 0 saturated heterocycles. The van der Waals surface area contributed by atoms with Crippen molar-refractivity contribution in [3.05, 3.63) is 0 Å². The van der Waals surface area contributed by atoms with Gasteiger partial charge >= 0.3 is 5.97 Å². The fourth-order valence-corrected chi connectivity index (χ4v) is 3.18. The Hall–Kier alpha value is -0.860. The number of aliphatic carboxylic acids is 1. The third-order valence-corrected chi connectivity index (χ3v) is 3.58. The Morgan fingerprint density at radius 2 is 2.27 bits per heavy atom. The van der Waals surface area contributed by atoms with Crippen LogP contribution in [0.3, 0.4) is 0 Å². The molecule has 0 aliphatic heterocycles. The molecule has 0 amide bonds. The van der Waals surface area contributed by atoms with Crippen molar-refractivity contribution in [2.45, 2.75) is 6.42 Å². The Morgan fingerprint density at radius 3 is 2.45 bits per heavy atom. The van der Waals surface area contributed by atoms with Crippen LogP contribution in [0.4, 0.5) is 0 Å². The molecule has 4 fully saturated rings. The van der Waals surface area contributed by atoms with Gasteiger partial charge in [0.05, 0.1) is 5.92 Å². The SMILES string of the molecule is O=C(O)[C@H]1[C@H]2[C@H]3C[C@@H]1C(=O)[C@H]32. The molecule has 0 aromatic rings. The molecule has 0 aromatic heterocycles. The van der Waals surface area contributed by atoms with Crippen molar-refractivity contribution in [3.63, 3.8) is 0 Å². The van der Waals surface area contributed by atoms with E-state index in [1.54, 1.807) is 0 Å². The summed E-state index contributed by atoms with van der Waals surface area (Å²) in [6.07, 6.45) is 0.866. The minimum Gasteiger partial charge on any atom is -0.481 e. The summed E-state index contributed by atoms with van der Waals surface area (Å²) in [6.45, 7) is 0. The highest BCUT2D eigenvalue weighted by molar-refractivity contribution is 5.98. The lowest BCUT2D eigenvalue weighted by Gasteiger charge is -2.05. The normalized spacial score (nSPS) is 56.7. The molecule has 3 heteroatoms.